The standard InChI is InChI=1S/C16H12ClNS2/c1-10-18-8-11-12-7-14(17)13-9-19-6-5-16(12,13)4-2-3-15(11)20-10/h2-10H,1H3. The van der Waals surface area contributed by atoms with Crippen LogP contribution in [-0.4, -0.2) is 11.6 Å². The van der Waals surface area contributed by atoms with Crippen molar-refractivity contribution in [2.45, 2.75) is 12.3 Å². The molecule has 2 aliphatic carbocycles. The molecule has 0 aromatic carbocycles. The fraction of sp³-hybridized carbons (Fsp3) is 0.188. The Bertz CT molecular complexity index is 706. The van der Waals surface area contributed by atoms with Gasteiger partial charge in [0.2, 0.25) is 0 Å². The lowest BCUT2D eigenvalue weighted by Crippen LogP contribution is -2.19. The van der Waals surface area contributed by atoms with Crippen LogP contribution in [0.25, 0.3) is 0 Å². The van der Waals surface area contributed by atoms with Gasteiger partial charge in [-0.25, -0.2) is 0 Å². The molecule has 1 nitrogen and oxygen atoms in total. The maximum Gasteiger partial charge on any atom is 0.0969 e. The van der Waals surface area contributed by atoms with Crippen molar-refractivity contribution in [2.75, 3.05) is 0 Å². The first-order valence-corrected chi connectivity index (χ1v) is 8.67. The van der Waals surface area contributed by atoms with Crippen molar-refractivity contribution in [2.24, 2.45) is 10.4 Å². The summed E-state index contributed by atoms with van der Waals surface area (Å²) in [6.45, 7) is 2.12. The van der Waals surface area contributed by atoms with Crippen molar-refractivity contribution in [1.29, 1.82) is 0 Å². The number of nitrogens with zero attached hydrogens (tertiary/aromatic N) is 1. The Kier molecular flexibility index (Phi) is 2.92. The quantitative estimate of drug-likeness (QED) is 0.611. The van der Waals surface area contributed by atoms with Crippen LogP contribution in [0.5, 0.6) is 0 Å². The molecule has 0 saturated heterocycles. The van der Waals surface area contributed by atoms with Gasteiger partial charge in [0, 0.05) is 21.7 Å². The van der Waals surface area contributed by atoms with Crippen LogP contribution in [0.15, 0.2) is 72.8 Å². The van der Waals surface area contributed by atoms with Crippen LogP contribution in [0.4, 0.5) is 0 Å². The molecule has 0 saturated carbocycles. The van der Waals surface area contributed by atoms with Gasteiger partial charge >= 0.3 is 0 Å². The summed E-state index contributed by atoms with van der Waals surface area (Å²) in [5, 5.41) is 5.41. The number of thioether (sulfide) groups is 2. The molecule has 2 heterocycles. The Labute approximate surface area is 131 Å². The first-order valence-electron chi connectivity index (χ1n) is 6.46. The molecular weight excluding hydrogens is 306 g/mol. The minimum absolute atomic E-state index is 0.205. The molecule has 4 heteroatoms. The van der Waals surface area contributed by atoms with Crippen LogP contribution < -0.4 is 0 Å². The number of hydrogen-bond acceptors (Lipinski definition) is 3. The van der Waals surface area contributed by atoms with Crippen molar-refractivity contribution in [3.05, 3.63) is 67.9 Å². The molecular formula is C16H12ClNS2. The molecule has 2 aliphatic heterocycles. The largest absolute Gasteiger partial charge is 0.278 e. The van der Waals surface area contributed by atoms with E-state index in [1.807, 2.05) is 6.21 Å². The highest BCUT2D eigenvalue weighted by Gasteiger charge is 2.43. The molecule has 2 atom stereocenters. The predicted molar refractivity (Wildman–Crippen MR) is 91.0 cm³/mol. The van der Waals surface area contributed by atoms with Crippen LogP contribution in [0.2, 0.25) is 0 Å². The average molecular weight is 318 g/mol. The molecule has 100 valence electrons. The smallest absolute Gasteiger partial charge is 0.0969 e. The Balaban J connectivity index is 2.01. The third-order valence-electron chi connectivity index (χ3n) is 3.89. The maximum absolute atomic E-state index is 6.48. The lowest BCUT2D eigenvalue weighted by Gasteiger charge is -2.30. The van der Waals surface area contributed by atoms with Gasteiger partial charge in [-0.15, -0.1) is 11.8 Å². The zero-order valence-corrected chi connectivity index (χ0v) is 13.2. The monoisotopic (exact) mass is 317 g/mol. The van der Waals surface area contributed by atoms with Crippen molar-refractivity contribution in [1.82, 2.24) is 0 Å². The van der Waals surface area contributed by atoms with E-state index in [1.165, 1.54) is 21.6 Å². The molecule has 0 N–H and O–H groups in total. The zero-order valence-electron chi connectivity index (χ0n) is 10.8. The highest BCUT2D eigenvalue weighted by molar-refractivity contribution is 8.05. The van der Waals surface area contributed by atoms with Gasteiger partial charge in [-0.05, 0) is 41.0 Å². The van der Waals surface area contributed by atoms with E-state index in [2.05, 4.69) is 53.1 Å². The van der Waals surface area contributed by atoms with Gasteiger partial charge in [0.05, 0.1) is 10.8 Å². The van der Waals surface area contributed by atoms with Gasteiger partial charge in [0.15, 0.2) is 0 Å². The van der Waals surface area contributed by atoms with Gasteiger partial charge < -0.3 is 0 Å². The van der Waals surface area contributed by atoms with E-state index in [1.54, 1.807) is 23.5 Å². The van der Waals surface area contributed by atoms with Gasteiger partial charge in [-0.2, -0.15) is 0 Å². The number of allylic oxidation sites excluding steroid dienone is 9. The number of hydrogen-bond donors (Lipinski definition) is 0. The summed E-state index contributed by atoms with van der Waals surface area (Å²) in [5.41, 5.74) is 3.42. The summed E-state index contributed by atoms with van der Waals surface area (Å²) in [6, 6.07) is 0. The molecule has 1 spiro atoms. The summed E-state index contributed by atoms with van der Waals surface area (Å²) in [6.07, 6.45) is 12.9. The predicted octanol–water partition coefficient (Wildman–Crippen LogP) is 5.17. The molecule has 0 aromatic heterocycles. The highest BCUT2D eigenvalue weighted by Crippen LogP contribution is 2.56. The molecule has 2 unspecified atom stereocenters. The van der Waals surface area contributed by atoms with Crippen LogP contribution >= 0.6 is 35.1 Å². The van der Waals surface area contributed by atoms with E-state index in [4.69, 9.17) is 11.6 Å². The van der Waals surface area contributed by atoms with Crippen molar-refractivity contribution >= 4 is 41.3 Å². The Hall–Kier alpha value is -0.900. The lowest BCUT2D eigenvalue weighted by atomic mass is 9.77. The third-order valence-corrected chi connectivity index (χ3v) is 5.94. The molecule has 0 bridgehead atoms. The SMILES string of the molecule is CC1N=CC2=C3C=C(Cl)C4=CSC=CC43C=CC=C2S1. The average Bonchev–Trinajstić information content (AvgIpc) is 2.65. The van der Waals surface area contributed by atoms with Gasteiger partial charge in [-0.3, -0.25) is 4.99 Å². The normalized spacial score (nSPS) is 33.9. The Morgan fingerprint density at radius 3 is 3.15 bits per heavy atom. The fourth-order valence-electron chi connectivity index (χ4n) is 2.93. The van der Waals surface area contributed by atoms with Crippen molar-refractivity contribution < 1.29 is 0 Å². The summed E-state index contributed by atoms with van der Waals surface area (Å²) >= 11 is 9.96. The molecule has 0 fully saturated rings. The van der Waals surface area contributed by atoms with Crippen LogP contribution in [0.1, 0.15) is 6.92 Å². The van der Waals surface area contributed by atoms with Crippen LogP contribution in [0, 0.1) is 5.41 Å². The number of aliphatic imine (C=N–C) groups is 1. The Morgan fingerprint density at radius 1 is 1.35 bits per heavy atom. The third kappa shape index (κ3) is 1.70. The summed E-state index contributed by atoms with van der Waals surface area (Å²) in [5.74, 6) is 0. The van der Waals surface area contributed by atoms with Crippen LogP contribution in [0.3, 0.4) is 0 Å². The minimum atomic E-state index is -0.205. The fourth-order valence-corrected chi connectivity index (χ4v) is 5.08. The summed E-state index contributed by atoms with van der Waals surface area (Å²) < 4.78 is 0. The second-order valence-corrected chi connectivity index (χ2v) is 7.59. The first kappa shape index (κ1) is 12.8. The topological polar surface area (TPSA) is 12.4 Å². The van der Waals surface area contributed by atoms with Gasteiger partial charge in [0.25, 0.3) is 0 Å². The molecule has 0 amide bonds. The molecule has 4 rings (SSSR count). The van der Waals surface area contributed by atoms with E-state index < -0.39 is 0 Å². The van der Waals surface area contributed by atoms with Gasteiger partial charge in [0.1, 0.15) is 0 Å². The van der Waals surface area contributed by atoms with Crippen LogP contribution in [-0.2, 0) is 0 Å². The minimum Gasteiger partial charge on any atom is -0.278 e. The van der Waals surface area contributed by atoms with E-state index in [-0.39, 0.29) is 10.8 Å². The number of rotatable bonds is 0. The van der Waals surface area contributed by atoms with Crippen molar-refractivity contribution in [3.63, 3.8) is 0 Å². The number of fused-ring (bicyclic) bond motifs is 1. The van der Waals surface area contributed by atoms with E-state index >= 15 is 0 Å². The van der Waals surface area contributed by atoms with Crippen molar-refractivity contribution in [3.8, 4) is 0 Å². The molecule has 4 aliphatic rings. The lowest BCUT2D eigenvalue weighted by molar-refractivity contribution is 0.758. The van der Waals surface area contributed by atoms with E-state index in [0.717, 1.165) is 5.03 Å². The van der Waals surface area contributed by atoms with E-state index in [9.17, 15) is 0 Å². The summed E-state index contributed by atoms with van der Waals surface area (Å²) in [4.78, 5) is 5.85. The second kappa shape index (κ2) is 4.55. The first-order chi connectivity index (χ1) is 9.71. The second-order valence-electron chi connectivity index (χ2n) is 5.04. The zero-order chi connectivity index (χ0) is 13.7. The summed E-state index contributed by atoms with van der Waals surface area (Å²) in [7, 11) is 0. The van der Waals surface area contributed by atoms with Gasteiger partial charge in [-0.1, -0.05) is 41.6 Å². The molecule has 20 heavy (non-hydrogen) atoms. The maximum atomic E-state index is 6.48. The number of halogens is 1. The Morgan fingerprint density at radius 2 is 2.25 bits per heavy atom. The molecule has 0 aromatic rings. The molecule has 0 radical (unpaired) electrons. The van der Waals surface area contributed by atoms with E-state index in [0.29, 0.717) is 0 Å². The highest BCUT2D eigenvalue weighted by atomic mass is 35.5.